The second-order valence-electron chi connectivity index (χ2n) is 3.68. The van der Waals surface area contributed by atoms with E-state index in [1.165, 1.54) is 0 Å². The summed E-state index contributed by atoms with van der Waals surface area (Å²) in [6.07, 6.45) is 3.73. The third kappa shape index (κ3) is 2.01. The Hall–Kier alpha value is -1.78. The van der Waals surface area contributed by atoms with Crippen molar-refractivity contribution in [2.45, 2.75) is 19.9 Å². The Morgan fingerprint density at radius 1 is 1.53 bits per heavy atom. The van der Waals surface area contributed by atoms with Gasteiger partial charge in [0.15, 0.2) is 0 Å². The first-order valence-corrected chi connectivity index (χ1v) is 4.93. The molecule has 0 aliphatic carbocycles. The molecular weight excluding hydrogens is 190 g/mol. The molecule has 0 saturated carbocycles. The average molecular weight is 205 g/mol. The molecule has 2 N–H and O–H groups in total. The molecule has 0 saturated heterocycles. The lowest BCUT2D eigenvalue weighted by Crippen LogP contribution is -2.07. The second kappa shape index (κ2) is 3.76. The van der Waals surface area contributed by atoms with Crippen molar-refractivity contribution < 1.29 is 0 Å². The highest BCUT2D eigenvalue weighted by Crippen LogP contribution is 2.19. The molecule has 0 fully saturated rings. The summed E-state index contributed by atoms with van der Waals surface area (Å²) < 4.78 is 1.80. The Morgan fingerprint density at radius 2 is 2.33 bits per heavy atom. The van der Waals surface area contributed by atoms with E-state index in [2.05, 4.69) is 27.5 Å². The molecule has 0 spiro atoms. The van der Waals surface area contributed by atoms with Crippen LogP contribution in [0.25, 0.3) is 0 Å². The molecular formula is C10H15N5. The van der Waals surface area contributed by atoms with Gasteiger partial charge in [-0.05, 0) is 19.9 Å². The van der Waals surface area contributed by atoms with Crippen LogP contribution in [0, 0.1) is 6.92 Å². The Morgan fingerprint density at radius 3 is 2.87 bits per heavy atom. The van der Waals surface area contributed by atoms with E-state index in [1.54, 1.807) is 10.9 Å². The van der Waals surface area contributed by atoms with E-state index in [9.17, 15) is 0 Å². The van der Waals surface area contributed by atoms with Gasteiger partial charge in [0, 0.05) is 19.4 Å². The van der Waals surface area contributed by atoms with E-state index in [4.69, 9.17) is 0 Å². The van der Waals surface area contributed by atoms with Crippen LogP contribution in [0.2, 0.25) is 0 Å². The number of anilines is 1. The average Bonchev–Trinajstić information content (AvgIpc) is 2.76. The number of nitrogens with zero attached hydrogens (tertiary/aromatic N) is 3. The van der Waals surface area contributed by atoms with Crippen LogP contribution in [0.15, 0.2) is 18.5 Å². The van der Waals surface area contributed by atoms with Crippen LogP contribution in [0.3, 0.4) is 0 Å². The van der Waals surface area contributed by atoms with Gasteiger partial charge >= 0.3 is 0 Å². The predicted octanol–water partition coefficient (Wildman–Crippen LogP) is 1.62. The maximum Gasteiger partial charge on any atom is 0.0825 e. The summed E-state index contributed by atoms with van der Waals surface area (Å²) >= 11 is 0. The molecule has 2 rings (SSSR count). The van der Waals surface area contributed by atoms with Gasteiger partial charge in [0.05, 0.1) is 23.1 Å². The lowest BCUT2D eigenvalue weighted by molar-refractivity contribution is 0.756. The minimum atomic E-state index is 0.204. The zero-order valence-corrected chi connectivity index (χ0v) is 9.15. The van der Waals surface area contributed by atoms with Gasteiger partial charge in [-0.25, -0.2) is 0 Å². The molecule has 5 nitrogen and oxygen atoms in total. The zero-order valence-electron chi connectivity index (χ0n) is 9.15. The third-order valence-electron chi connectivity index (χ3n) is 2.37. The van der Waals surface area contributed by atoms with Crippen molar-refractivity contribution in [1.29, 1.82) is 0 Å². The van der Waals surface area contributed by atoms with Crippen molar-refractivity contribution in [1.82, 2.24) is 20.0 Å². The summed E-state index contributed by atoms with van der Waals surface area (Å²) in [5, 5.41) is 14.5. The van der Waals surface area contributed by atoms with Crippen LogP contribution in [-0.4, -0.2) is 20.0 Å². The van der Waals surface area contributed by atoms with Gasteiger partial charge in [-0.2, -0.15) is 10.2 Å². The molecule has 15 heavy (non-hydrogen) atoms. The standard InChI is InChI=1S/C10H15N5/c1-7(9-4-5-11-13-9)12-10-6-15(3)14-8(10)2/h4-7,12H,1-3H3,(H,11,13). The molecule has 0 radical (unpaired) electrons. The Kier molecular flexibility index (Phi) is 2.45. The number of aromatic nitrogens is 4. The van der Waals surface area contributed by atoms with E-state index in [-0.39, 0.29) is 6.04 Å². The van der Waals surface area contributed by atoms with Crippen LogP contribution < -0.4 is 5.32 Å². The van der Waals surface area contributed by atoms with Gasteiger partial charge < -0.3 is 5.32 Å². The number of hydrogen-bond donors (Lipinski definition) is 2. The van der Waals surface area contributed by atoms with Gasteiger partial charge in [-0.1, -0.05) is 0 Å². The highest BCUT2D eigenvalue weighted by atomic mass is 15.3. The van der Waals surface area contributed by atoms with Gasteiger partial charge in [0.2, 0.25) is 0 Å². The maximum absolute atomic E-state index is 4.27. The van der Waals surface area contributed by atoms with Crippen molar-refractivity contribution in [3.05, 3.63) is 29.8 Å². The highest BCUT2D eigenvalue weighted by molar-refractivity contribution is 5.46. The number of H-pyrrole nitrogens is 1. The molecule has 2 aromatic rings. The van der Waals surface area contributed by atoms with E-state index >= 15 is 0 Å². The van der Waals surface area contributed by atoms with Crippen LogP contribution in [-0.2, 0) is 7.05 Å². The number of aromatic amines is 1. The largest absolute Gasteiger partial charge is 0.374 e. The zero-order chi connectivity index (χ0) is 10.8. The van der Waals surface area contributed by atoms with Crippen LogP contribution in [0.5, 0.6) is 0 Å². The summed E-state index contributed by atoms with van der Waals surface area (Å²) in [4.78, 5) is 0. The topological polar surface area (TPSA) is 58.5 Å². The molecule has 80 valence electrons. The van der Waals surface area contributed by atoms with Crippen molar-refractivity contribution in [2.24, 2.45) is 7.05 Å². The summed E-state index contributed by atoms with van der Waals surface area (Å²) in [6.45, 7) is 4.07. The van der Waals surface area contributed by atoms with Gasteiger partial charge in [-0.3, -0.25) is 9.78 Å². The smallest absolute Gasteiger partial charge is 0.0825 e. The molecule has 0 bridgehead atoms. The van der Waals surface area contributed by atoms with E-state index in [0.717, 1.165) is 17.1 Å². The molecule has 0 aliphatic rings. The van der Waals surface area contributed by atoms with Crippen molar-refractivity contribution in [2.75, 3.05) is 5.32 Å². The van der Waals surface area contributed by atoms with Crippen molar-refractivity contribution >= 4 is 5.69 Å². The van der Waals surface area contributed by atoms with Gasteiger partial charge in [0.25, 0.3) is 0 Å². The Balaban J connectivity index is 2.12. The van der Waals surface area contributed by atoms with Crippen LogP contribution in [0.4, 0.5) is 5.69 Å². The fourth-order valence-corrected chi connectivity index (χ4v) is 1.56. The second-order valence-corrected chi connectivity index (χ2v) is 3.68. The predicted molar refractivity (Wildman–Crippen MR) is 58.6 cm³/mol. The Labute approximate surface area is 88.5 Å². The molecule has 0 aliphatic heterocycles. The van der Waals surface area contributed by atoms with Gasteiger partial charge in [-0.15, -0.1) is 0 Å². The SMILES string of the molecule is Cc1nn(C)cc1NC(C)c1ccn[nH]1. The van der Waals surface area contributed by atoms with E-state index < -0.39 is 0 Å². The molecule has 5 heteroatoms. The molecule has 2 aromatic heterocycles. The molecule has 0 aromatic carbocycles. The number of nitrogens with one attached hydrogen (secondary N) is 2. The lowest BCUT2D eigenvalue weighted by atomic mass is 10.2. The minimum absolute atomic E-state index is 0.204. The van der Waals surface area contributed by atoms with E-state index in [1.807, 2.05) is 26.2 Å². The molecule has 1 unspecified atom stereocenters. The minimum Gasteiger partial charge on any atom is -0.374 e. The first-order valence-electron chi connectivity index (χ1n) is 4.93. The fourth-order valence-electron chi connectivity index (χ4n) is 1.56. The first-order chi connectivity index (χ1) is 7.16. The highest BCUT2D eigenvalue weighted by Gasteiger charge is 2.09. The number of rotatable bonds is 3. The van der Waals surface area contributed by atoms with Crippen molar-refractivity contribution in [3.63, 3.8) is 0 Å². The summed E-state index contributed by atoms with van der Waals surface area (Å²) in [5.41, 5.74) is 3.13. The summed E-state index contributed by atoms with van der Waals surface area (Å²) in [7, 11) is 1.92. The number of aryl methyl sites for hydroxylation is 2. The molecule has 1 atom stereocenters. The molecule has 0 amide bonds. The quantitative estimate of drug-likeness (QED) is 0.800. The normalized spacial score (nSPS) is 12.7. The van der Waals surface area contributed by atoms with Crippen molar-refractivity contribution in [3.8, 4) is 0 Å². The third-order valence-corrected chi connectivity index (χ3v) is 2.37. The lowest BCUT2D eigenvalue weighted by Gasteiger charge is -2.11. The van der Waals surface area contributed by atoms with Gasteiger partial charge in [0.1, 0.15) is 0 Å². The van der Waals surface area contributed by atoms with Crippen LogP contribution in [0.1, 0.15) is 24.4 Å². The van der Waals surface area contributed by atoms with Crippen LogP contribution >= 0.6 is 0 Å². The fraction of sp³-hybridized carbons (Fsp3) is 0.400. The van der Waals surface area contributed by atoms with E-state index in [0.29, 0.717) is 0 Å². The first kappa shape index (κ1) is 9.76. The summed E-state index contributed by atoms with van der Waals surface area (Å²) in [6, 6.07) is 2.17. The maximum atomic E-state index is 4.27. The summed E-state index contributed by atoms with van der Waals surface area (Å²) in [5.74, 6) is 0. The monoisotopic (exact) mass is 205 g/mol. The molecule has 2 heterocycles. The Bertz CT molecular complexity index is 429. The number of hydrogen-bond acceptors (Lipinski definition) is 3.